The molecule has 4 nitrogen and oxygen atoms in total. The Morgan fingerprint density at radius 3 is 2.36 bits per heavy atom. The zero-order chi connectivity index (χ0) is 17.2. The number of halogens is 1. The van der Waals surface area contributed by atoms with Crippen LogP contribution in [0.25, 0.3) is 22.4 Å². The lowest BCUT2D eigenvalue weighted by atomic mass is 10.0. The van der Waals surface area contributed by atoms with Crippen molar-refractivity contribution in [2.75, 3.05) is 0 Å². The van der Waals surface area contributed by atoms with Crippen molar-refractivity contribution in [3.8, 4) is 28.5 Å². The van der Waals surface area contributed by atoms with Crippen LogP contribution >= 0.6 is 0 Å². The van der Waals surface area contributed by atoms with Gasteiger partial charge in [0.15, 0.2) is 0 Å². The summed E-state index contributed by atoms with van der Waals surface area (Å²) in [4.78, 5) is 0. The van der Waals surface area contributed by atoms with Crippen LogP contribution in [0.2, 0.25) is 0 Å². The number of nitrogens with zero attached hydrogens (tertiary/aromatic N) is 4. The van der Waals surface area contributed by atoms with E-state index in [1.807, 2.05) is 35.0 Å². The smallest absolute Gasteiger partial charge is 0.141 e. The van der Waals surface area contributed by atoms with Gasteiger partial charge in [-0.15, -0.1) is 5.10 Å². The van der Waals surface area contributed by atoms with Crippen LogP contribution < -0.4 is 0 Å². The van der Waals surface area contributed by atoms with Crippen molar-refractivity contribution in [3.05, 3.63) is 60.0 Å². The zero-order valence-electron chi connectivity index (χ0n) is 13.7. The standard InChI is InChI=1S/C20H17FN4/c21-19-11-16(9-10-17(19)12-22)14-5-7-15(8-6-14)20-13-23-24-25(20)18-3-1-2-4-18/h5-11,13,18H,1-4H2. The predicted molar refractivity (Wildman–Crippen MR) is 93.1 cm³/mol. The molecule has 0 saturated heterocycles. The molecule has 3 aromatic rings. The van der Waals surface area contributed by atoms with Crippen LogP contribution in [-0.4, -0.2) is 15.0 Å². The van der Waals surface area contributed by atoms with E-state index in [-0.39, 0.29) is 5.56 Å². The van der Waals surface area contributed by atoms with Crippen molar-refractivity contribution in [1.82, 2.24) is 15.0 Å². The summed E-state index contributed by atoms with van der Waals surface area (Å²) in [6, 6.07) is 14.9. The van der Waals surface area contributed by atoms with Gasteiger partial charge in [0.25, 0.3) is 0 Å². The highest BCUT2D eigenvalue weighted by molar-refractivity contribution is 5.69. The summed E-state index contributed by atoms with van der Waals surface area (Å²) in [5.74, 6) is -0.493. The van der Waals surface area contributed by atoms with Gasteiger partial charge >= 0.3 is 0 Å². The predicted octanol–water partition coefficient (Wildman–Crippen LogP) is 4.74. The van der Waals surface area contributed by atoms with Gasteiger partial charge in [-0.2, -0.15) is 5.26 Å². The Hall–Kier alpha value is -3.00. The van der Waals surface area contributed by atoms with Crippen LogP contribution in [0.3, 0.4) is 0 Å². The molecule has 2 aromatic carbocycles. The molecule has 0 N–H and O–H groups in total. The highest BCUT2D eigenvalue weighted by atomic mass is 19.1. The number of hydrogen-bond acceptors (Lipinski definition) is 3. The van der Waals surface area contributed by atoms with E-state index in [4.69, 9.17) is 5.26 Å². The van der Waals surface area contributed by atoms with E-state index in [1.54, 1.807) is 12.3 Å². The van der Waals surface area contributed by atoms with E-state index in [1.165, 1.54) is 25.0 Å². The quantitative estimate of drug-likeness (QED) is 0.696. The van der Waals surface area contributed by atoms with E-state index in [9.17, 15) is 4.39 Å². The normalized spacial score (nSPS) is 14.6. The van der Waals surface area contributed by atoms with Gasteiger partial charge in [0.1, 0.15) is 11.9 Å². The SMILES string of the molecule is N#Cc1ccc(-c2ccc(-c3cnnn3C3CCCC3)cc2)cc1F. The first-order chi connectivity index (χ1) is 12.3. The molecule has 0 spiro atoms. The molecule has 1 saturated carbocycles. The first-order valence-electron chi connectivity index (χ1n) is 8.47. The van der Waals surface area contributed by atoms with Gasteiger partial charge in [0.2, 0.25) is 0 Å². The van der Waals surface area contributed by atoms with Gasteiger partial charge in [-0.1, -0.05) is 48.4 Å². The van der Waals surface area contributed by atoms with Crippen LogP contribution in [0, 0.1) is 17.1 Å². The molecule has 124 valence electrons. The monoisotopic (exact) mass is 332 g/mol. The van der Waals surface area contributed by atoms with E-state index in [2.05, 4.69) is 10.3 Å². The van der Waals surface area contributed by atoms with Crippen LogP contribution in [0.1, 0.15) is 37.3 Å². The molecule has 4 rings (SSSR count). The highest BCUT2D eigenvalue weighted by Crippen LogP contribution is 2.33. The van der Waals surface area contributed by atoms with Gasteiger partial charge in [-0.3, -0.25) is 0 Å². The van der Waals surface area contributed by atoms with Crippen molar-refractivity contribution < 1.29 is 4.39 Å². The van der Waals surface area contributed by atoms with E-state index < -0.39 is 5.82 Å². The van der Waals surface area contributed by atoms with Gasteiger partial charge < -0.3 is 0 Å². The molecule has 1 heterocycles. The minimum Gasteiger partial charge on any atom is -0.242 e. The molecule has 0 amide bonds. The molecule has 1 aliphatic carbocycles. The Balaban J connectivity index is 1.64. The lowest BCUT2D eigenvalue weighted by molar-refractivity contribution is 0.458. The average molecular weight is 332 g/mol. The van der Waals surface area contributed by atoms with Crippen molar-refractivity contribution in [3.63, 3.8) is 0 Å². The maximum absolute atomic E-state index is 13.8. The van der Waals surface area contributed by atoms with Crippen LogP contribution in [0.5, 0.6) is 0 Å². The molecule has 0 unspecified atom stereocenters. The Kier molecular flexibility index (Phi) is 4.02. The molecular formula is C20H17FN4. The van der Waals surface area contributed by atoms with Crippen molar-refractivity contribution in [2.24, 2.45) is 0 Å². The molecule has 0 atom stereocenters. The number of hydrogen-bond donors (Lipinski definition) is 0. The summed E-state index contributed by atoms with van der Waals surface area (Å²) in [6.07, 6.45) is 6.59. The van der Waals surface area contributed by atoms with Gasteiger partial charge in [-0.05, 0) is 36.1 Å². The van der Waals surface area contributed by atoms with E-state index in [0.717, 1.165) is 35.2 Å². The molecule has 5 heteroatoms. The highest BCUT2D eigenvalue weighted by Gasteiger charge is 2.21. The molecule has 0 radical (unpaired) electrons. The molecule has 1 fully saturated rings. The largest absolute Gasteiger partial charge is 0.242 e. The Morgan fingerprint density at radius 2 is 1.68 bits per heavy atom. The number of aromatic nitrogens is 3. The summed E-state index contributed by atoms with van der Waals surface area (Å²) in [5.41, 5.74) is 3.80. The maximum atomic E-state index is 13.8. The second-order valence-electron chi connectivity index (χ2n) is 6.39. The first kappa shape index (κ1) is 15.5. The zero-order valence-corrected chi connectivity index (χ0v) is 13.7. The van der Waals surface area contributed by atoms with Crippen molar-refractivity contribution in [1.29, 1.82) is 5.26 Å². The molecule has 1 aromatic heterocycles. The molecule has 0 bridgehead atoms. The number of benzene rings is 2. The second-order valence-corrected chi connectivity index (χ2v) is 6.39. The summed E-state index contributed by atoms with van der Waals surface area (Å²) in [5, 5.41) is 17.2. The third-order valence-electron chi connectivity index (χ3n) is 4.85. The third kappa shape index (κ3) is 2.91. The molecule has 1 aliphatic rings. The van der Waals surface area contributed by atoms with Crippen LogP contribution in [0.4, 0.5) is 4.39 Å². The fourth-order valence-corrected chi connectivity index (χ4v) is 3.49. The third-order valence-corrected chi connectivity index (χ3v) is 4.85. The van der Waals surface area contributed by atoms with Gasteiger partial charge in [0.05, 0.1) is 23.5 Å². The Morgan fingerprint density at radius 1 is 1.00 bits per heavy atom. The summed E-state index contributed by atoms with van der Waals surface area (Å²) in [6.45, 7) is 0. The minimum absolute atomic E-state index is 0.0620. The van der Waals surface area contributed by atoms with Crippen molar-refractivity contribution >= 4 is 0 Å². The van der Waals surface area contributed by atoms with Crippen LogP contribution in [0.15, 0.2) is 48.7 Å². The lowest BCUT2D eigenvalue weighted by Gasteiger charge is -2.13. The van der Waals surface area contributed by atoms with Crippen LogP contribution in [-0.2, 0) is 0 Å². The van der Waals surface area contributed by atoms with Crippen molar-refractivity contribution in [2.45, 2.75) is 31.7 Å². The Labute approximate surface area is 145 Å². The Bertz CT molecular complexity index is 931. The molecular weight excluding hydrogens is 315 g/mol. The molecule has 25 heavy (non-hydrogen) atoms. The summed E-state index contributed by atoms with van der Waals surface area (Å²) >= 11 is 0. The van der Waals surface area contributed by atoms with Gasteiger partial charge in [-0.25, -0.2) is 9.07 Å². The fraction of sp³-hybridized carbons (Fsp3) is 0.250. The summed E-state index contributed by atoms with van der Waals surface area (Å²) < 4.78 is 15.9. The topological polar surface area (TPSA) is 54.5 Å². The first-order valence-corrected chi connectivity index (χ1v) is 8.47. The van der Waals surface area contributed by atoms with Gasteiger partial charge in [0, 0.05) is 5.56 Å². The average Bonchev–Trinajstić information content (AvgIpc) is 3.33. The maximum Gasteiger partial charge on any atom is 0.141 e. The van der Waals surface area contributed by atoms with E-state index in [0.29, 0.717) is 6.04 Å². The number of nitriles is 1. The minimum atomic E-state index is -0.493. The second kappa shape index (κ2) is 6.48. The summed E-state index contributed by atoms with van der Waals surface area (Å²) in [7, 11) is 0. The fourth-order valence-electron chi connectivity index (χ4n) is 3.49. The number of rotatable bonds is 3. The van der Waals surface area contributed by atoms with E-state index >= 15 is 0 Å². The lowest BCUT2D eigenvalue weighted by Crippen LogP contribution is -2.08. The molecule has 0 aliphatic heterocycles.